The second-order valence-corrected chi connectivity index (χ2v) is 11.8. The number of nitrogens with zero attached hydrogens (tertiary/aromatic N) is 1. The molecule has 0 unspecified atom stereocenters. The first-order valence-electron chi connectivity index (χ1n) is 17.2. The molecule has 2 aromatic carbocycles. The molecule has 0 aliphatic carbocycles. The standard InChI is InChI=1S/C37H58N2O2/c1-3-5-7-9-11-13-15-17-19-23-29-40-35-28-27-32(37-38-33-25-21-22-26-34(33)39-37)31-36(35)41-30-24-20-18-16-14-12-10-8-6-4-2/h21-22,25-28,31H,3-20,23-24,29-30H2,1-2H3,(H,38,39). The van der Waals surface area contributed by atoms with Gasteiger partial charge in [0.15, 0.2) is 11.5 Å². The highest BCUT2D eigenvalue weighted by Crippen LogP contribution is 2.33. The van der Waals surface area contributed by atoms with Crippen LogP contribution in [-0.2, 0) is 0 Å². The number of imidazole rings is 1. The normalized spacial score (nSPS) is 11.4. The van der Waals surface area contributed by atoms with Gasteiger partial charge in [-0.15, -0.1) is 0 Å². The SMILES string of the molecule is CCCCCCCCCCCCOc1ccc(-c2nc3ccccc3[nH]2)cc1OCCCCCCCCCCCC. The van der Waals surface area contributed by atoms with Gasteiger partial charge in [0.1, 0.15) is 5.82 Å². The van der Waals surface area contributed by atoms with Crippen LogP contribution < -0.4 is 9.47 Å². The van der Waals surface area contributed by atoms with E-state index in [9.17, 15) is 0 Å². The summed E-state index contributed by atoms with van der Waals surface area (Å²) in [5, 5.41) is 0. The van der Waals surface area contributed by atoms with Crippen LogP contribution in [0, 0.1) is 0 Å². The first kappa shape index (κ1) is 33.0. The number of para-hydroxylation sites is 2. The third-order valence-electron chi connectivity index (χ3n) is 8.12. The first-order chi connectivity index (χ1) is 20.3. The number of aromatic nitrogens is 2. The summed E-state index contributed by atoms with van der Waals surface area (Å²) in [6, 6.07) is 14.4. The van der Waals surface area contributed by atoms with Gasteiger partial charge in [0.2, 0.25) is 0 Å². The zero-order valence-corrected chi connectivity index (χ0v) is 26.4. The summed E-state index contributed by atoms with van der Waals surface area (Å²) in [5.74, 6) is 2.56. The molecule has 0 aliphatic heterocycles. The Balaban J connectivity index is 1.43. The molecule has 41 heavy (non-hydrogen) atoms. The van der Waals surface area contributed by atoms with E-state index in [4.69, 9.17) is 14.5 Å². The number of H-pyrrole nitrogens is 1. The van der Waals surface area contributed by atoms with Crippen LogP contribution in [0.3, 0.4) is 0 Å². The van der Waals surface area contributed by atoms with Gasteiger partial charge in [-0.05, 0) is 43.2 Å². The minimum absolute atomic E-state index is 0.731. The van der Waals surface area contributed by atoms with E-state index < -0.39 is 0 Å². The third kappa shape index (κ3) is 13.4. The fourth-order valence-electron chi connectivity index (χ4n) is 5.52. The molecule has 0 fully saturated rings. The third-order valence-corrected chi connectivity index (χ3v) is 8.12. The van der Waals surface area contributed by atoms with Crippen LogP contribution >= 0.6 is 0 Å². The number of hydrogen-bond donors (Lipinski definition) is 1. The number of ether oxygens (including phenoxy) is 2. The summed E-state index contributed by atoms with van der Waals surface area (Å²) in [6.07, 6.45) is 26.6. The van der Waals surface area contributed by atoms with Gasteiger partial charge in [0.25, 0.3) is 0 Å². The van der Waals surface area contributed by atoms with Crippen LogP contribution in [0.15, 0.2) is 42.5 Å². The van der Waals surface area contributed by atoms with Gasteiger partial charge in [-0.3, -0.25) is 0 Å². The van der Waals surface area contributed by atoms with Crippen molar-refractivity contribution in [2.45, 2.75) is 142 Å². The molecule has 0 bridgehead atoms. The molecule has 3 rings (SSSR count). The number of benzene rings is 2. The fourth-order valence-corrected chi connectivity index (χ4v) is 5.52. The monoisotopic (exact) mass is 562 g/mol. The summed E-state index contributed by atoms with van der Waals surface area (Å²) < 4.78 is 12.6. The number of unbranched alkanes of at least 4 members (excludes halogenated alkanes) is 18. The summed E-state index contributed by atoms with van der Waals surface area (Å²) in [5.41, 5.74) is 3.07. The molecule has 0 amide bonds. The Bertz CT molecular complexity index is 1030. The Hall–Kier alpha value is -2.49. The zero-order valence-electron chi connectivity index (χ0n) is 26.4. The molecule has 228 valence electrons. The van der Waals surface area contributed by atoms with Gasteiger partial charge < -0.3 is 14.5 Å². The highest BCUT2D eigenvalue weighted by atomic mass is 16.5. The van der Waals surface area contributed by atoms with Gasteiger partial charge in [-0.1, -0.05) is 142 Å². The summed E-state index contributed by atoms with van der Waals surface area (Å²) in [4.78, 5) is 8.25. The lowest BCUT2D eigenvalue weighted by Gasteiger charge is -2.14. The molecule has 1 aromatic heterocycles. The molecule has 4 nitrogen and oxygen atoms in total. The van der Waals surface area contributed by atoms with Crippen LogP contribution in [0.5, 0.6) is 11.5 Å². The Morgan fingerprint density at radius 2 is 1.02 bits per heavy atom. The van der Waals surface area contributed by atoms with Crippen molar-refractivity contribution in [3.8, 4) is 22.9 Å². The summed E-state index contributed by atoms with van der Waals surface area (Å²) >= 11 is 0. The van der Waals surface area contributed by atoms with Crippen molar-refractivity contribution in [1.82, 2.24) is 9.97 Å². The molecule has 4 heteroatoms. The molecular formula is C37H58N2O2. The lowest BCUT2D eigenvalue weighted by atomic mass is 10.1. The quantitative estimate of drug-likeness (QED) is 0.104. The van der Waals surface area contributed by atoms with Gasteiger partial charge in [0.05, 0.1) is 24.2 Å². The Kier molecular flexibility index (Phi) is 17.1. The predicted octanol–water partition coefficient (Wildman–Crippen LogP) is 11.8. The number of rotatable bonds is 25. The van der Waals surface area contributed by atoms with E-state index in [0.29, 0.717) is 0 Å². The second kappa shape index (κ2) is 21.2. The largest absolute Gasteiger partial charge is 0.490 e. The van der Waals surface area contributed by atoms with E-state index in [0.717, 1.165) is 60.0 Å². The Labute approximate surface area is 251 Å². The van der Waals surface area contributed by atoms with Crippen LogP contribution in [0.1, 0.15) is 142 Å². The minimum atomic E-state index is 0.731. The molecule has 1 N–H and O–H groups in total. The van der Waals surface area contributed by atoms with E-state index in [-0.39, 0.29) is 0 Å². The highest BCUT2D eigenvalue weighted by Gasteiger charge is 2.11. The van der Waals surface area contributed by atoms with E-state index in [1.807, 2.05) is 18.2 Å². The summed E-state index contributed by atoms with van der Waals surface area (Å²) in [7, 11) is 0. The average molecular weight is 563 g/mol. The maximum absolute atomic E-state index is 6.33. The zero-order chi connectivity index (χ0) is 28.8. The first-order valence-corrected chi connectivity index (χ1v) is 17.2. The topological polar surface area (TPSA) is 47.1 Å². The lowest BCUT2D eigenvalue weighted by molar-refractivity contribution is 0.258. The number of aromatic amines is 1. The smallest absolute Gasteiger partial charge is 0.161 e. The molecule has 0 atom stereocenters. The van der Waals surface area contributed by atoms with Crippen molar-refractivity contribution < 1.29 is 9.47 Å². The van der Waals surface area contributed by atoms with Crippen molar-refractivity contribution in [1.29, 1.82) is 0 Å². The molecule has 3 aromatic rings. The fraction of sp³-hybridized carbons (Fsp3) is 0.649. The highest BCUT2D eigenvalue weighted by molar-refractivity contribution is 5.79. The molecule has 0 aliphatic rings. The Morgan fingerprint density at radius 1 is 0.537 bits per heavy atom. The molecular weight excluding hydrogens is 504 g/mol. The van der Waals surface area contributed by atoms with Crippen molar-refractivity contribution in [3.63, 3.8) is 0 Å². The maximum Gasteiger partial charge on any atom is 0.161 e. The predicted molar refractivity (Wildman–Crippen MR) is 176 cm³/mol. The molecule has 0 saturated carbocycles. The van der Waals surface area contributed by atoms with Crippen LogP contribution in [-0.4, -0.2) is 23.2 Å². The second-order valence-electron chi connectivity index (χ2n) is 11.8. The van der Waals surface area contributed by atoms with Crippen molar-refractivity contribution in [2.24, 2.45) is 0 Å². The van der Waals surface area contributed by atoms with Crippen molar-refractivity contribution >= 4 is 11.0 Å². The van der Waals surface area contributed by atoms with E-state index in [1.165, 1.54) is 116 Å². The van der Waals surface area contributed by atoms with E-state index in [2.05, 4.69) is 43.1 Å². The number of nitrogens with one attached hydrogen (secondary N) is 1. The van der Waals surface area contributed by atoms with Gasteiger partial charge >= 0.3 is 0 Å². The number of fused-ring (bicyclic) bond motifs is 1. The van der Waals surface area contributed by atoms with Gasteiger partial charge in [0, 0.05) is 5.56 Å². The summed E-state index contributed by atoms with van der Waals surface area (Å²) in [6.45, 7) is 6.04. The van der Waals surface area contributed by atoms with Crippen LogP contribution in [0.25, 0.3) is 22.4 Å². The maximum atomic E-state index is 6.33. The lowest BCUT2D eigenvalue weighted by Crippen LogP contribution is -2.03. The Morgan fingerprint density at radius 3 is 1.56 bits per heavy atom. The van der Waals surface area contributed by atoms with Crippen LogP contribution in [0.2, 0.25) is 0 Å². The van der Waals surface area contributed by atoms with E-state index in [1.54, 1.807) is 0 Å². The minimum Gasteiger partial charge on any atom is -0.490 e. The van der Waals surface area contributed by atoms with Gasteiger partial charge in [-0.2, -0.15) is 0 Å². The molecule has 1 heterocycles. The van der Waals surface area contributed by atoms with E-state index >= 15 is 0 Å². The van der Waals surface area contributed by atoms with Crippen molar-refractivity contribution in [2.75, 3.05) is 13.2 Å². The average Bonchev–Trinajstić information content (AvgIpc) is 3.43. The van der Waals surface area contributed by atoms with Gasteiger partial charge in [-0.25, -0.2) is 4.98 Å². The molecule has 0 radical (unpaired) electrons. The number of hydrogen-bond acceptors (Lipinski definition) is 3. The molecule has 0 spiro atoms. The van der Waals surface area contributed by atoms with Crippen molar-refractivity contribution in [3.05, 3.63) is 42.5 Å². The molecule has 0 saturated heterocycles. The van der Waals surface area contributed by atoms with Crippen LogP contribution in [0.4, 0.5) is 0 Å².